The van der Waals surface area contributed by atoms with Crippen molar-refractivity contribution >= 4 is 12.1 Å². The first-order valence-electron chi connectivity index (χ1n) is 7.81. The molecule has 0 radical (unpaired) electrons. The summed E-state index contributed by atoms with van der Waals surface area (Å²) in [7, 11) is 5.38. The lowest BCUT2D eigenvalue weighted by Gasteiger charge is -2.26. The van der Waals surface area contributed by atoms with E-state index in [2.05, 4.69) is 17.6 Å². The van der Waals surface area contributed by atoms with Gasteiger partial charge in [-0.1, -0.05) is 0 Å². The number of hydrogen-bond acceptors (Lipinski definition) is 4. The number of rotatable bonds is 6. The van der Waals surface area contributed by atoms with Crippen LogP contribution in [0.3, 0.4) is 0 Å². The second kappa shape index (κ2) is 8.50. The van der Waals surface area contributed by atoms with Gasteiger partial charge in [0.1, 0.15) is 37.7 Å². The molecule has 1 aromatic rings. The molecule has 1 fully saturated rings. The zero-order valence-corrected chi connectivity index (χ0v) is 14.0. The van der Waals surface area contributed by atoms with E-state index in [1.807, 2.05) is 12.1 Å². The number of nitrogens with zero attached hydrogens (tertiary/aromatic N) is 1. The van der Waals surface area contributed by atoms with Gasteiger partial charge >= 0.3 is 0 Å². The molecule has 0 saturated carbocycles. The molecule has 1 aliphatic heterocycles. The molecule has 23 heavy (non-hydrogen) atoms. The first-order valence-corrected chi connectivity index (χ1v) is 7.81. The lowest BCUT2D eigenvalue weighted by atomic mass is 10.2. The van der Waals surface area contributed by atoms with Crippen LogP contribution < -0.4 is 24.7 Å². The highest BCUT2D eigenvalue weighted by Crippen LogP contribution is 2.22. The highest BCUT2D eigenvalue weighted by atomic mass is 16.5. The molecule has 7 nitrogen and oxygen atoms in total. The molecule has 0 aromatic heterocycles. The van der Waals surface area contributed by atoms with Crippen molar-refractivity contribution in [2.75, 3.05) is 54.0 Å². The number of quaternary nitrogens is 2. The molecule has 7 heteroatoms. The van der Waals surface area contributed by atoms with Crippen LogP contribution in [0.2, 0.25) is 0 Å². The molecule has 0 spiro atoms. The second-order valence-corrected chi connectivity index (χ2v) is 5.78. The predicted molar refractivity (Wildman–Crippen MR) is 87.5 cm³/mol. The first-order chi connectivity index (χ1) is 11.1. The largest absolute Gasteiger partial charge is 0.497 e. The highest BCUT2D eigenvalue weighted by molar-refractivity contribution is 5.86. The lowest BCUT2D eigenvalue weighted by molar-refractivity contribution is -1.000. The molecule has 0 aliphatic carbocycles. The summed E-state index contributed by atoms with van der Waals surface area (Å²) in [5, 5.41) is 4.03. The molecule has 126 valence electrons. The van der Waals surface area contributed by atoms with Crippen molar-refractivity contribution in [3.63, 3.8) is 0 Å². The van der Waals surface area contributed by atoms with Crippen molar-refractivity contribution in [3.05, 3.63) is 23.8 Å². The van der Waals surface area contributed by atoms with Crippen LogP contribution in [0.1, 0.15) is 5.56 Å². The van der Waals surface area contributed by atoms with E-state index in [0.717, 1.165) is 31.7 Å². The van der Waals surface area contributed by atoms with E-state index in [0.29, 0.717) is 18.0 Å². The molecule has 1 amide bonds. The minimum absolute atomic E-state index is 0.0716. The minimum Gasteiger partial charge on any atom is -0.497 e. The number of hydrazone groups is 1. The number of hydrogen-bond donors (Lipinski definition) is 3. The zero-order chi connectivity index (χ0) is 16.7. The van der Waals surface area contributed by atoms with E-state index in [-0.39, 0.29) is 5.91 Å². The highest BCUT2D eigenvalue weighted by Gasteiger charge is 2.21. The summed E-state index contributed by atoms with van der Waals surface area (Å²) in [5.74, 6) is 1.32. The fourth-order valence-corrected chi connectivity index (χ4v) is 2.59. The molecule has 0 bridgehead atoms. The Bertz CT molecular complexity index is 554. The van der Waals surface area contributed by atoms with Crippen LogP contribution in [0.15, 0.2) is 23.3 Å². The summed E-state index contributed by atoms with van der Waals surface area (Å²) in [6.45, 7) is 4.71. The smallest absolute Gasteiger partial charge is 0.295 e. The van der Waals surface area contributed by atoms with Gasteiger partial charge in [0.25, 0.3) is 5.91 Å². The van der Waals surface area contributed by atoms with Gasteiger partial charge in [-0.25, -0.2) is 5.43 Å². The van der Waals surface area contributed by atoms with Crippen molar-refractivity contribution in [1.82, 2.24) is 5.43 Å². The third-order valence-electron chi connectivity index (χ3n) is 4.05. The Balaban J connectivity index is 1.87. The van der Waals surface area contributed by atoms with Crippen molar-refractivity contribution in [1.29, 1.82) is 0 Å². The van der Waals surface area contributed by atoms with Gasteiger partial charge in [0, 0.05) is 5.56 Å². The maximum absolute atomic E-state index is 12.0. The van der Waals surface area contributed by atoms with E-state index < -0.39 is 0 Å². The third kappa shape index (κ3) is 5.22. The molecule has 0 unspecified atom stereocenters. The number of amides is 1. The summed E-state index contributed by atoms with van der Waals surface area (Å²) >= 11 is 0. The predicted octanol–water partition coefficient (Wildman–Crippen LogP) is -2.43. The Kier molecular flexibility index (Phi) is 6.37. The van der Waals surface area contributed by atoms with E-state index >= 15 is 0 Å². The molecular weight excluding hydrogens is 296 g/mol. The van der Waals surface area contributed by atoms with E-state index in [4.69, 9.17) is 9.47 Å². The van der Waals surface area contributed by atoms with E-state index in [1.54, 1.807) is 26.5 Å². The van der Waals surface area contributed by atoms with Gasteiger partial charge in [-0.2, -0.15) is 5.10 Å². The summed E-state index contributed by atoms with van der Waals surface area (Å²) in [6.07, 6.45) is 1.57. The van der Waals surface area contributed by atoms with Crippen LogP contribution in [0.5, 0.6) is 11.5 Å². The van der Waals surface area contributed by atoms with Gasteiger partial charge in [-0.05, 0) is 18.2 Å². The van der Waals surface area contributed by atoms with Crippen LogP contribution in [-0.2, 0) is 4.79 Å². The van der Waals surface area contributed by atoms with Crippen molar-refractivity contribution < 1.29 is 24.1 Å². The topological polar surface area (TPSA) is 68.8 Å². The minimum atomic E-state index is -0.0716. The normalized spacial score (nSPS) is 21.2. The number of likely N-dealkylation sites (N-methyl/N-ethyl adjacent to an activating group) is 1. The van der Waals surface area contributed by atoms with Crippen molar-refractivity contribution in [3.8, 4) is 11.5 Å². The molecule has 3 N–H and O–H groups in total. The van der Waals surface area contributed by atoms with E-state index in [9.17, 15) is 4.79 Å². The number of ether oxygens (including phenoxy) is 2. The number of carbonyl (C=O) groups is 1. The van der Waals surface area contributed by atoms with Gasteiger partial charge in [0.15, 0.2) is 6.54 Å². The number of benzene rings is 1. The fourth-order valence-electron chi connectivity index (χ4n) is 2.59. The molecular formula is C16H26N4O3+2. The first kappa shape index (κ1) is 17.2. The van der Waals surface area contributed by atoms with Crippen molar-refractivity contribution in [2.24, 2.45) is 5.10 Å². The maximum Gasteiger partial charge on any atom is 0.295 e. The van der Waals surface area contributed by atoms with E-state index in [1.165, 1.54) is 9.80 Å². The molecule has 1 aliphatic rings. The number of methoxy groups -OCH3 is 2. The second-order valence-electron chi connectivity index (χ2n) is 5.78. The third-order valence-corrected chi connectivity index (χ3v) is 4.05. The zero-order valence-electron chi connectivity index (χ0n) is 14.0. The summed E-state index contributed by atoms with van der Waals surface area (Å²) in [5.41, 5.74) is 3.34. The summed E-state index contributed by atoms with van der Waals surface area (Å²) in [6, 6.07) is 5.43. The van der Waals surface area contributed by atoms with Gasteiger partial charge < -0.3 is 19.3 Å². The van der Waals surface area contributed by atoms with Crippen molar-refractivity contribution in [2.45, 2.75) is 0 Å². The molecule has 1 aromatic carbocycles. The quantitative estimate of drug-likeness (QED) is 0.403. The molecule has 2 rings (SSSR count). The Morgan fingerprint density at radius 1 is 1.26 bits per heavy atom. The van der Waals surface area contributed by atoms with Crippen LogP contribution >= 0.6 is 0 Å². The molecule has 0 atom stereocenters. The number of carbonyl (C=O) groups excluding carboxylic acids is 1. The van der Waals surface area contributed by atoms with Gasteiger partial charge in [0.05, 0.1) is 27.5 Å². The average Bonchev–Trinajstić information content (AvgIpc) is 2.57. The lowest BCUT2D eigenvalue weighted by Crippen LogP contribution is -3.27. The van der Waals surface area contributed by atoms with Crippen LogP contribution in [-0.4, -0.2) is 66.1 Å². The number of piperazine rings is 1. The van der Waals surface area contributed by atoms with Crippen LogP contribution in [0, 0.1) is 0 Å². The van der Waals surface area contributed by atoms with Gasteiger partial charge in [-0.15, -0.1) is 0 Å². The maximum atomic E-state index is 12.0. The Morgan fingerprint density at radius 2 is 2.00 bits per heavy atom. The Morgan fingerprint density at radius 3 is 2.65 bits per heavy atom. The van der Waals surface area contributed by atoms with Gasteiger partial charge in [-0.3, -0.25) is 4.79 Å². The SMILES string of the molecule is COc1ccc(OC)c(C=NNC(=O)C[NH+]2CC[NH+](C)CC2)c1. The molecule has 1 heterocycles. The Labute approximate surface area is 136 Å². The number of nitrogens with one attached hydrogen (secondary N) is 3. The molecule has 1 saturated heterocycles. The van der Waals surface area contributed by atoms with Crippen LogP contribution in [0.25, 0.3) is 0 Å². The monoisotopic (exact) mass is 322 g/mol. The average molecular weight is 322 g/mol. The summed E-state index contributed by atoms with van der Waals surface area (Å²) < 4.78 is 10.4. The Hall–Kier alpha value is -2.12. The fraction of sp³-hybridized carbons (Fsp3) is 0.500. The summed E-state index contributed by atoms with van der Waals surface area (Å²) in [4.78, 5) is 14.8. The van der Waals surface area contributed by atoms with Crippen LogP contribution in [0.4, 0.5) is 0 Å². The van der Waals surface area contributed by atoms with Gasteiger partial charge in [0.2, 0.25) is 0 Å². The standard InChI is InChI=1S/C16H24N4O3/c1-19-6-8-20(9-7-19)12-16(21)18-17-11-13-10-14(22-2)4-5-15(13)23-3/h4-5,10-11H,6-9,12H2,1-3H3,(H,18,21)/p+2.